The minimum atomic E-state index is -0.826. The number of aromatic nitrogens is 1. The highest BCUT2D eigenvalue weighted by Crippen LogP contribution is 2.40. The summed E-state index contributed by atoms with van der Waals surface area (Å²) in [7, 11) is 0. The first-order chi connectivity index (χ1) is 28.2. The van der Waals surface area contributed by atoms with Crippen molar-refractivity contribution < 1.29 is 24.1 Å². The third kappa shape index (κ3) is 10.1. The number of hydrogen-bond donors (Lipinski definition) is 2. The first kappa shape index (κ1) is 41.5. The lowest BCUT2D eigenvalue weighted by atomic mass is 9.71. The lowest BCUT2D eigenvalue weighted by Crippen LogP contribution is -2.45. The van der Waals surface area contributed by atoms with Crippen LogP contribution in [0.25, 0.3) is 11.1 Å². The van der Waals surface area contributed by atoms with Gasteiger partial charge in [-0.1, -0.05) is 48.4 Å². The third-order valence-electron chi connectivity index (χ3n) is 12.6. The Kier molecular flexibility index (Phi) is 13.9. The average Bonchev–Trinajstić information content (AvgIpc) is 3.24. The van der Waals surface area contributed by atoms with Crippen LogP contribution in [0.2, 0.25) is 5.02 Å². The quantitative estimate of drug-likeness (QED) is 0.113. The highest BCUT2D eigenvalue weighted by Gasteiger charge is 2.35. The Balaban J connectivity index is 1.02. The number of aliphatic carboxylic acids is 1. The Labute approximate surface area is 348 Å². The number of benzene rings is 3. The number of halogens is 1. The smallest absolute Gasteiger partial charge is 0.320 e. The van der Waals surface area contributed by atoms with Gasteiger partial charge in [-0.05, 0) is 143 Å². The van der Waals surface area contributed by atoms with Crippen LogP contribution in [0, 0.1) is 30.6 Å². The zero-order valence-electron chi connectivity index (χ0n) is 33.9. The lowest BCUT2D eigenvalue weighted by Gasteiger charge is -2.44. The van der Waals surface area contributed by atoms with Gasteiger partial charge in [-0.3, -0.25) is 14.7 Å². The summed E-state index contributed by atoms with van der Waals surface area (Å²) in [4.78, 5) is 20.9. The molecule has 0 amide bonds. The van der Waals surface area contributed by atoms with Gasteiger partial charge in [0.05, 0.1) is 17.2 Å². The molecule has 0 radical (unpaired) electrons. The second kappa shape index (κ2) is 19.4. The SMILES string of the molecule is Cc1c(COc2cc(OCc3cncc(C#N)c3)c(CN3CCCC[C@H]3C(=O)O)cc2Cl)cccc1-c1cccc(OCCCN2CCC3(CCNCC3)CC2)c1C. The van der Waals surface area contributed by atoms with Crippen molar-refractivity contribution in [1.29, 1.82) is 5.26 Å². The molecule has 2 N–H and O–H groups in total. The minimum absolute atomic E-state index is 0.166. The van der Waals surface area contributed by atoms with Gasteiger partial charge >= 0.3 is 5.97 Å². The van der Waals surface area contributed by atoms with Crippen molar-refractivity contribution in [3.05, 3.63) is 105 Å². The van der Waals surface area contributed by atoms with E-state index in [9.17, 15) is 15.2 Å². The molecule has 0 aliphatic carbocycles. The van der Waals surface area contributed by atoms with Crippen LogP contribution in [0.3, 0.4) is 0 Å². The molecule has 1 aromatic heterocycles. The largest absolute Gasteiger partial charge is 0.493 e. The Morgan fingerprint density at radius 2 is 1.66 bits per heavy atom. The molecule has 1 atom stereocenters. The predicted molar refractivity (Wildman–Crippen MR) is 226 cm³/mol. The number of hydrogen-bond acceptors (Lipinski definition) is 9. The molecule has 3 fully saturated rings. The number of piperidine rings is 3. The topological polar surface area (TPSA) is 120 Å². The molecule has 4 aromatic rings. The van der Waals surface area contributed by atoms with Crippen molar-refractivity contribution in [3.8, 4) is 34.4 Å². The Hall–Kier alpha value is -4.66. The third-order valence-corrected chi connectivity index (χ3v) is 12.9. The monoisotopic (exact) mass is 805 g/mol. The highest BCUT2D eigenvalue weighted by atomic mass is 35.5. The van der Waals surface area contributed by atoms with E-state index in [1.54, 1.807) is 18.3 Å². The summed E-state index contributed by atoms with van der Waals surface area (Å²) in [5.74, 6) is 1.09. The Bertz CT molecular complexity index is 2090. The fourth-order valence-corrected chi connectivity index (χ4v) is 9.18. The molecular weight excluding hydrogens is 750 g/mol. The molecule has 4 heterocycles. The first-order valence-electron chi connectivity index (χ1n) is 20.9. The molecule has 7 rings (SSSR count). The predicted octanol–water partition coefficient (Wildman–Crippen LogP) is 8.72. The molecule has 0 bridgehead atoms. The Morgan fingerprint density at radius 1 is 0.897 bits per heavy atom. The summed E-state index contributed by atoms with van der Waals surface area (Å²) in [6.45, 7) is 12.2. The van der Waals surface area contributed by atoms with Crippen LogP contribution in [-0.4, -0.2) is 77.8 Å². The van der Waals surface area contributed by atoms with Crippen LogP contribution < -0.4 is 19.5 Å². The second-order valence-corrected chi connectivity index (χ2v) is 16.7. The van der Waals surface area contributed by atoms with E-state index in [0.717, 1.165) is 70.5 Å². The summed E-state index contributed by atoms with van der Waals surface area (Å²) in [6, 6.07) is 19.5. The van der Waals surface area contributed by atoms with Crippen molar-refractivity contribution in [2.24, 2.45) is 5.41 Å². The van der Waals surface area contributed by atoms with Crippen molar-refractivity contribution >= 4 is 17.6 Å². The van der Waals surface area contributed by atoms with Crippen LogP contribution in [0.4, 0.5) is 0 Å². The molecule has 3 aromatic carbocycles. The second-order valence-electron chi connectivity index (χ2n) is 16.3. The van der Waals surface area contributed by atoms with Gasteiger partial charge in [0, 0.05) is 42.7 Å². The standard InChI is InChI=1S/C47H56ClN5O5/c1-33-37(8-5-9-39(33)40-10-6-12-43(34(40)2)56-23-7-19-52-21-15-47(16-22-52)13-17-50-18-14-47)32-58-45-26-44(57-31-36-24-35(27-49)28-51-29-36)38(25-41(45)48)30-53-20-4-3-11-42(53)46(54)55/h5-6,8-10,12,24-26,28-29,42,50H,3-4,7,11,13-23,30-32H2,1-2H3,(H,54,55)/t42-/m0/s1. The van der Waals surface area contributed by atoms with Crippen LogP contribution in [0.1, 0.15) is 84.7 Å². The van der Waals surface area contributed by atoms with E-state index in [0.29, 0.717) is 53.6 Å². The minimum Gasteiger partial charge on any atom is -0.493 e. The zero-order valence-corrected chi connectivity index (χ0v) is 34.7. The number of carbonyl (C=O) groups is 1. The van der Waals surface area contributed by atoms with Gasteiger partial charge in [-0.2, -0.15) is 5.26 Å². The molecule has 3 saturated heterocycles. The van der Waals surface area contributed by atoms with Crippen molar-refractivity contribution in [2.45, 2.75) is 91.0 Å². The molecule has 1 spiro atoms. The number of nitrogens with zero attached hydrogens (tertiary/aromatic N) is 4. The number of carboxylic acids is 1. The summed E-state index contributed by atoms with van der Waals surface area (Å²) in [5, 5.41) is 23.2. The van der Waals surface area contributed by atoms with Crippen molar-refractivity contribution in [1.82, 2.24) is 20.1 Å². The van der Waals surface area contributed by atoms with Gasteiger partial charge in [0.2, 0.25) is 0 Å². The Morgan fingerprint density at radius 3 is 2.43 bits per heavy atom. The average molecular weight is 806 g/mol. The number of nitriles is 1. The van der Waals surface area contributed by atoms with E-state index in [1.165, 1.54) is 58.1 Å². The number of likely N-dealkylation sites (tertiary alicyclic amines) is 2. The van der Waals surface area contributed by atoms with Crippen LogP contribution in [0.5, 0.6) is 17.2 Å². The van der Waals surface area contributed by atoms with Gasteiger partial charge in [-0.15, -0.1) is 0 Å². The normalized spacial score (nSPS) is 18.4. The molecule has 11 heteroatoms. The van der Waals surface area contributed by atoms with Gasteiger partial charge in [0.15, 0.2) is 0 Å². The van der Waals surface area contributed by atoms with Gasteiger partial charge in [-0.25, -0.2) is 0 Å². The number of ether oxygens (including phenoxy) is 3. The molecule has 58 heavy (non-hydrogen) atoms. The first-order valence-corrected chi connectivity index (χ1v) is 21.2. The van der Waals surface area contributed by atoms with Crippen LogP contribution >= 0.6 is 11.6 Å². The summed E-state index contributed by atoms with van der Waals surface area (Å²) in [6.07, 6.45) is 11.9. The van der Waals surface area contributed by atoms with Crippen LogP contribution in [0.15, 0.2) is 67.0 Å². The van der Waals surface area contributed by atoms with Gasteiger partial charge in [0.25, 0.3) is 0 Å². The molecule has 10 nitrogen and oxygen atoms in total. The van der Waals surface area contributed by atoms with Gasteiger partial charge < -0.3 is 29.5 Å². The lowest BCUT2D eigenvalue weighted by molar-refractivity contribution is -0.144. The van der Waals surface area contributed by atoms with E-state index in [-0.39, 0.29) is 13.2 Å². The highest BCUT2D eigenvalue weighted by molar-refractivity contribution is 6.32. The van der Waals surface area contributed by atoms with E-state index in [4.69, 9.17) is 25.8 Å². The zero-order chi connectivity index (χ0) is 40.5. The number of carboxylic acid groups (broad SMARTS) is 1. The fourth-order valence-electron chi connectivity index (χ4n) is 8.94. The number of nitrogens with one attached hydrogen (secondary N) is 1. The van der Waals surface area contributed by atoms with Crippen molar-refractivity contribution in [2.75, 3.05) is 45.9 Å². The summed E-state index contributed by atoms with van der Waals surface area (Å²) >= 11 is 6.89. The molecule has 0 saturated carbocycles. The molecule has 3 aliphatic rings. The van der Waals surface area contributed by atoms with E-state index >= 15 is 0 Å². The molecule has 306 valence electrons. The van der Waals surface area contributed by atoms with Crippen LogP contribution in [-0.2, 0) is 24.6 Å². The molecular formula is C47H56ClN5O5. The summed E-state index contributed by atoms with van der Waals surface area (Å²) in [5.41, 5.74) is 8.02. The van der Waals surface area contributed by atoms with E-state index in [2.05, 4.69) is 71.5 Å². The number of pyridine rings is 1. The van der Waals surface area contributed by atoms with E-state index < -0.39 is 12.0 Å². The maximum Gasteiger partial charge on any atom is 0.320 e. The molecule has 3 aliphatic heterocycles. The fraction of sp³-hybridized carbons (Fsp3) is 0.468. The molecule has 0 unspecified atom stereocenters. The van der Waals surface area contributed by atoms with E-state index in [1.807, 2.05) is 11.0 Å². The van der Waals surface area contributed by atoms with Crippen molar-refractivity contribution in [3.63, 3.8) is 0 Å². The maximum absolute atomic E-state index is 12.1. The number of rotatable bonds is 15. The summed E-state index contributed by atoms with van der Waals surface area (Å²) < 4.78 is 19.2. The van der Waals surface area contributed by atoms with Gasteiger partial charge in [0.1, 0.15) is 42.6 Å². The maximum atomic E-state index is 12.1.